The fourth-order valence-corrected chi connectivity index (χ4v) is 4.76. The van der Waals surface area contributed by atoms with Gasteiger partial charge in [0.2, 0.25) is 0 Å². The molecule has 2 N–H and O–H groups in total. The number of para-hydroxylation sites is 1. The van der Waals surface area contributed by atoms with Crippen LogP contribution in [0.2, 0.25) is 5.02 Å². The molecule has 2 fully saturated rings. The van der Waals surface area contributed by atoms with E-state index >= 15 is 0 Å². The Morgan fingerprint density at radius 1 is 1.10 bits per heavy atom. The zero-order valence-corrected chi connectivity index (χ0v) is 17.1. The Hall–Kier alpha value is -2.08. The first kappa shape index (κ1) is 20.2. The summed E-state index contributed by atoms with van der Waals surface area (Å²) in [5, 5.41) is 13.3. The van der Waals surface area contributed by atoms with Crippen LogP contribution in [-0.4, -0.2) is 40.6 Å². The van der Waals surface area contributed by atoms with E-state index in [0.29, 0.717) is 23.4 Å². The van der Waals surface area contributed by atoms with E-state index in [4.69, 9.17) is 16.3 Å². The fraction of sp³-hybridized carbons (Fsp3) is 0.435. The van der Waals surface area contributed by atoms with E-state index in [0.717, 1.165) is 24.4 Å². The zero-order chi connectivity index (χ0) is 20.2. The van der Waals surface area contributed by atoms with Crippen molar-refractivity contribution >= 4 is 17.5 Å². The Labute approximate surface area is 176 Å². The van der Waals surface area contributed by atoms with Crippen LogP contribution in [0.15, 0.2) is 48.5 Å². The van der Waals surface area contributed by atoms with Gasteiger partial charge in [0.15, 0.2) is 6.61 Å². The molecule has 6 heteroatoms. The Bertz CT molecular complexity index is 828. The zero-order valence-electron chi connectivity index (χ0n) is 16.4. The van der Waals surface area contributed by atoms with Crippen LogP contribution in [0.25, 0.3) is 0 Å². The predicted octanol–water partition coefficient (Wildman–Crippen LogP) is 3.52. The standard InChI is InChI=1S/C23H27ClN2O3/c24-18-7-5-16(6-8-18)13-26-20-9-10-21(26)12-19(11-20)25-23(28)15-29-22-4-2-1-3-17(22)14-27/h1-8,19-21,27H,9-15H2,(H,25,28). The summed E-state index contributed by atoms with van der Waals surface area (Å²) in [5.74, 6) is 0.455. The molecule has 2 aromatic carbocycles. The van der Waals surface area contributed by atoms with Gasteiger partial charge in [-0.25, -0.2) is 0 Å². The minimum absolute atomic E-state index is 0.0304. The molecule has 0 radical (unpaired) electrons. The first-order chi connectivity index (χ1) is 14.1. The van der Waals surface area contributed by atoms with Crippen LogP contribution in [0.3, 0.4) is 0 Å². The van der Waals surface area contributed by atoms with Crippen molar-refractivity contribution in [1.82, 2.24) is 10.2 Å². The highest BCUT2D eigenvalue weighted by Gasteiger charge is 2.40. The van der Waals surface area contributed by atoms with E-state index in [9.17, 15) is 9.90 Å². The van der Waals surface area contributed by atoms with E-state index in [-0.39, 0.29) is 25.2 Å². The number of benzene rings is 2. The number of rotatable bonds is 7. The third kappa shape index (κ3) is 4.92. The molecule has 2 unspecified atom stereocenters. The maximum atomic E-state index is 12.4. The van der Waals surface area contributed by atoms with E-state index in [1.807, 2.05) is 24.3 Å². The number of hydrogen-bond donors (Lipinski definition) is 2. The fourth-order valence-electron chi connectivity index (χ4n) is 4.64. The molecule has 2 aromatic rings. The molecule has 2 aliphatic rings. The number of nitrogens with one attached hydrogen (secondary N) is 1. The second kappa shape index (κ2) is 9.16. The lowest BCUT2D eigenvalue weighted by Gasteiger charge is -2.39. The van der Waals surface area contributed by atoms with Gasteiger partial charge in [-0.15, -0.1) is 0 Å². The molecule has 0 saturated carbocycles. The van der Waals surface area contributed by atoms with Gasteiger partial charge in [0, 0.05) is 35.3 Å². The molecule has 0 aromatic heterocycles. The smallest absolute Gasteiger partial charge is 0.258 e. The van der Waals surface area contributed by atoms with Crippen LogP contribution in [0.1, 0.15) is 36.8 Å². The second-order valence-corrected chi connectivity index (χ2v) is 8.41. The molecule has 4 rings (SSSR count). The van der Waals surface area contributed by atoms with Gasteiger partial charge in [-0.3, -0.25) is 9.69 Å². The van der Waals surface area contributed by atoms with Crippen molar-refractivity contribution < 1.29 is 14.6 Å². The van der Waals surface area contributed by atoms with Crippen LogP contribution in [0.5, 0.6) is 5.75 Å². The van der Waals surface area contributed by atoms with E-state index in [2.05, 4.69) is 22.3 Å². The summed E-state index contributed by atoms with van der Waals surface area (Å²) < 4.78 is 5.62. The van der Waals surface area contributed by atoms with Crippen LogP contribution in [0.4, 0.5) is 0 Å². The van der Waals surface area contributed by atoms with Gasteiger partial charge in [0.25, 0.3) is 5.91 Å². The van der Waals surface area contributed by atoms with Crippen LogP contribution in [-0.2, 0) is 17.9 Å². The Balaban J connectivity index is 1.28. The second-order valence-electron chi connectivity index (χ2n) is 7.97. The van der Waals surface area contributed by atoms with Crippen LogP contribution in [0, 0.1) is 0 Å². The van der Waals surface area contributed by atoms with Gasteiger partial charge in [-0.05, 0) is 49.4 Å². The number of aliphatic hydroxyl groups is 1. The summed E-state index contributed by atoms with van der Waals surface area (Å²) in [5.41, 5.74) is 1.97. The summed E-state index contributed by atoms with van der Waals surface area (Å²) in [6, 6.07) is 16.5. The molecule has 154 valence electrons. The number of ether oxygens (including phenoxy) is 1. The lowest BCUT2D eigenvalue weighted by atomic mass is 9.96. The number of piperidine rings is 1. The normalized spacial score (nSPS) is 23.7. The van der Waals surface area contributed by atoms with Crippen molar-refractivity contribution in [3.63, 3.8) is 0 Å². The average Bonchev–Trinajstić information content (AvgIpc) is 2.96. The molecular weight excluding hydrogens is 388 g/mol. The first-order valence-corrected chi connectivity index (χ1v) is 10.6. The van der Waals surface area contributed by atoms with Crippen LogP contribution >= 0.6 is 11.6 Å². The first-order valence-electron chi connectivity index (χ1n) is 10.2. The minimum atomic E-state index is -0.104. The molecule has 0 spiro atoms. The van der Waals surface area contributed by atoms with Gasteiger partial charge in [0.1, 0.15) is 5.75 Å². The summed E-state index contributed by atoms with van der Waals surface area (Å²) in [4.78, 5) is 15.0. The number of carbonyl (C=O) groups is 1. The Kier molecular flexibility index (Phi) is 6.38. The number of hydrogen-bond acceptors (Lipinski definition) is 4. The molecule has 2 aliphatic heterocycles. The maximum Gasteiger partial charge on any atom is 0.258 e. The van der Waals surface area contributed by atoms with Gasteiger partial charge in [-0.2, -0.15) is 0 Å². The average molecular weight is 415 g/mol. The topological polar surface area (TPSA) is 61.8 Å². The number of halogens is 1. The molecule has 2 saturated heterocycles. The number of aliphatic hydroxyl groups excluding tert-OH is 1. The van der Waals surface area contributed by atoms with Crippen molar-refractivity contribution in [2.75, 3.05) is 6.61 Å². The molecule has 29 heavy (non-hydrogen) atoms. The highest BCUT2D eigenvalue weighted by atomic mass is 35.5. The third-order valence-electron chi connectivity index (χ3n) is 6.03. The molecule has 0 aliphatic carbocycles. The lowest BCUT2D eigenvalue weighted by Crippen LogP contribution is -2.50. The number of nitrogens with zero attached hydrogens (tertiary/aromatic N) is 1. The molecule has 2 heterocycles. The lowest BCUT2D eigenvalue weighted by molar-refractivity contribution is -0.124. The monoisotopic (exact) mass is 414 g/mol. The predicted molar refractivity (Wildman–Crippen MR) is 113 cm³/mol. The van der Waals surface area contributed by atoms with Crippen molar-refractivity contribution in [2.24, 2.45) is 0 Å². The molecular formula is C23H27ClN2O3. The molecule has 1 amide bonds. The van der Waals surface area contributed by atoms with E-state index in [1.54, 1.807) is 12.1 Å². The van der Waals surface area contributed by atoms with Crippen molar-refractivity contribution in [2.45, 2.75) is 57.0 Å². The summed E-state index contributed by atoms with van der Waals surface area (Å²) in [6.07, 6.45) is 4.32. The highest BCUT2D eigenvalue weighted by Crippen LogP contribution is 2.37. The van der Waals surface area contributed by atoms with Crippen LogP contribution < -0.4 is 10.1 Å². The van der Waals surface area contributed by atoms with Gasteiger partial charge in [-0.1, -0.05) is 41.9 Å². The summed E-state index contributed by atoms with van der Waals surface area (Å²) >= 11 is 6.00. The Morgan fingerprint density at radius 2 is 1.79 bits per heavy atom. The molecule has 2 atom stereocenters. The van der Waals surface area contributed by atoms with Gasteiger partial charge < -0.3 is 15.2 Å². The Morgan fingerprint density at radius 3 is 2.48 bits per heavy atom. The maximum absolute atomic E-state index is 12.4. The largest absolute Gasteiger partial charge is 0.483 e. The SMILES string of the molecule is O=C(COc1ccccc1CO)NC1CC2CCC(C1)N2Cc1ccc(Cl)cc1. The molecule has 5 nitrogen and oxygen atoms in total. The van der Waals surface area contributed by atoms with E-state index < -0.39 is 0 Å². The number of fused-ring (bicyclic) bond motifs is 2. The molecule has 2 bridgehead atoms. The third-order valence-corrected chi connectivity index (χ3v) is 6.28. The summed E-state index contributed by atoms with van der Waals surface area (Å²) in [6.45, 7) is 0.804. The number of amides is 1. The van der Waals surface area contributed by atoms with Gasteiger partial charge in [0.05, 0.1) is 6.61 Å². The highest BCUT2D eigenvalue weighted by molar-refractivity contribution is 6.30. The summed E-state index contributed by atoms with van der Waals surface area (Å²) in [7, 11) is 0. The van der Waals surface area contributed by atoms with Crippen molar-refractivity contribution in [3.05, 3.63) is 64.7 Å². The quantitative estimate of drug-likeness (QED) is 0.727. The number of carbonyl (C=O) groups excluding carboxylic acids is 1. The van der Waals surface area contributed by atoms with E-state index in [1.165, 1.54) is 18.4 Å². The minimum Gasteiger partial charge on any atom is -0.483 e. The van der Waals surface area contributed by atoms with Crippen molar-refractivity contribution in [1.29, 1.82) is 0 Å². The van der Waals surface area contributed by atoms with Crippen molar-refractivity contribution in [3.8, 4) is 5.75 Å². The van der Waals surface area contributed by atoms with Gasteiger partial charge >= 0.3 is 0 Å².